The van der Waals surface area contributed by atoms with E-state index in [1.807, 2.05) is 24.3 Å². The van der Waals surface area contributed by atoms with Crippen LogP contribution in [0.4, 0.5) is 5.69 Å². The number of benzene rings is 1. The Morgan fingerprint density at radius 3 is 2.80 bits per heavy atom. The Bertz CT molecular complexity index is 594. The zero-order valence-electron chi connectivity index (χ0n) is 10.8. The molecule has 1 aromatic heterocycles. The first-order valence-corrected chi connectivity index (χ1v) is 6.27. The summed E-state index contributed by atoms with van der Waals surface area (Å²) < 4.78 is 5.23. The summed E-state index contributed by atoms with van der Waals surface area (Å²) in [5.41, 5.74) is 6.88. The normalized spacial score (nSPS) is 15.8. The first kappa shape index (κ1) is 14.6. The average molecular weight is 294 g/mol. The van der Waals surface area contributed by atoms with Crippen LogP contribution in [0, 0.1) is 0 Å². The Morgan fingerprint density at radius 2 is 2.20 bits per heavy atom. The number of carbonyl (C=O) groups is 1. The summed E-state index contributed by atoms with van der Waals surface area (Å²) in [4.78, 5) is 15.9. The molecule has 5 nitrogen and oxygen atoms in total. The molecule has 3 N–H and O–H groups in total. The van der Waals surface area contributed by atoms with Gasteiger partial charge in [0.15, 0.2) is 12.2 Å². The molecule has 0 saturated heterocycles. The number of nitrogens with two attached hydrogens (primary N) is 1. The van der Waals surface area contributed by atoms with Crippen LogP contribution in [0.1, 0.15) is 19.3 Å². The summed E-state index contributed by atoms with van der Waals surface area (Å²) >= 11 is 0. The van der Waals surface area contributed by atoms with E-state index >= 15 is 0 Å². The van der Waals surface area contributed by atoms with Gasteiger partial charge in [-0.05, 0) is 31.4 Å². The smallest absolute Gasteiger partial charge is 0.244 e. The summed E-state index contributed by atoms with van der Waals surface area (Å²) in [5.74, 6) is 0.552. The van der Waals surface area contributed by atoms with E-state index in [1.54, 1.807) is 6.20 Å². The SMILES string of the molecule is Cl.NC1(C(=O)Nc2cccc(-c3cnco3)c2)CCC1. The van der Waals surface area contributed by atoms with Gasteiger partial charge in [-0.2, -0.15) is 0 Å². The van der Waals surface area contributed by atoms with Crippen LogP contribution in [-0.4, -0.2) is 16.4 Å². The van der Waals surface area contributed by atoms with Crippen molar-refractivity contribution in [1.29, 1.82) is 0 Å². The summed E-state index contributed by atoms with van der Waals surface area (Å²) in [7, 11) is 0. The molecule has 20 heavy (non-hydrogen) atoms. The molecule has 0 spiro atoms. The van der Waals surface area contributed by atoms with Crippen molar-refractivity contribution in [3.8, 4) is 11.3 Å². The minimum atomic E-state index is -0.692. The quantitative estimate of drug-likeness (QED) is 0.911. The van der Waals surface area contributed by atoms with E-state index in [2.05, 4.69) is 10.3 Å². The maximum atomic E-state index is 12.0. The number of nitrogens with zero attached hydrogens (tertiary/aromatic N) is 1. The molecule has 2 aromatic rings. The number of hydrogen-bond acceptors (Lipinski definition) is 4. The molecule has 106 valence electrons. The van der Waals surface area contributed by atoms with Gasteiger partial charge in [-0.1, -0.05) is 12.1 Å². The average Bonchev–Trinajstić information content (AvgIpc) is 2.90. The van der Waals surface area contributed by atoms with Gasteiger partial charge in [-0.25, -0.2) is 4.98 Å². The maximum absolute atomic E-state index is 12.0. The maximum Gasteiger partial charge on any atom is 0.244 e. The van der Waals surface area contributed by atoms with Crippen molar-refractivity contribution in [3.63, 3.8) is 0 Å². The van der Waals surface area contributed by atoms with Gasteiger partial charge >= 0.3 is 0 Å². The van der Waals surface area contributed by atoms with E-state index in [1.165, 1.54) is 6.39 Å². The van der Waals surface area contributed by atoms with Gasteiger partial charge in [-0.15, -0.1) is 12.4 Å². The zero-order chi connectivity index (χ0) is 13.3. The number of halogens is 1. The van der Waals surface area contributed by atoms with Crippen LogP contribution in [0.5, 0.6) is 0 Å². The lowest BCUT2D eigenvalue weighted by Crippen LogP contribution is -2.56. The second-order valence-electron chi connectivity index (χ2n) is 4.91. The second kappa shape index (κ2) is 5.64. The van der Waals surface area contributed by atoms with Gasteiger partial charge in [0.1, 0.15) is 0 Å². The van der Waals surface area contributed by atoms with Crippen molar-refractivity contribution in [1.82, 2.24) is 4.98 Å². The van der Waals surface area contributed by atoms with Crippen molar-refractivity contribution in [3.05, 3.63) is 36.9 Å². The molecular formula is C14H16ClN3O2. The van der Waals surface area contributed by atoms with Crippen LogP contribution >= 0.6 is 12.4 Å². The third-order valence-electron chi connectivity index (χ3n) is 3.54. The van der Waals surface area contributed by atoms with Crippen molar-refractivity contribution in [2.75, 3.05) is 5.32 Å². The Morgan fingerprint density at radius 1 is 1.40 bits per heavy atom. The van der Waals surface area contributed by atoms with Gasteiger partial charge in [0.25, 0.3) is 0 Å². The van der Waals surface area contributed by atoms with Crippen molar-refractivity contribution in [2.24, 2.45) is 5.73 Å². The highest BCUT2D eigenvalue weighted by atomic mass is 35.5. The van der Waals surface area contributed by atoms with E-state index in [9.17, 15) is 4.79 Å². The Labute approximate surface area is 123 Å². The first-order chi connectivity index (χ1) is 9.17. The van der Waals surface area contributed by atoms with Crippen LogP contribution in [0.3, 0.4) is 0 Å². The molecule has 0 unspecified atom stereocenters. The fourth-order valence-corrected chi connectivity index (χ4v) is 2.15. The zero-order valence-corrected chi connectivity index (χ0v) is 11.7. The highest BCUT2D eigenvalue weighted by Gasteiger charge is 2.40. The molecule has 1 fully saturated rings. The third kappa shape index (κ3) is 2.69. The fraction of sp³-hybridized carbons (Fsp3) is 0.286. The van der Waals surface area contributed by atoms with Gasteiger partial charge in [0.05, 0.1) is 11.7 Å². The molecular weight excluding hydrogens is 278 g/mol. The number of oxazole rings is 1. The lowest BCUT2D eigenvalue weighted by atomic mass is 9.77. The monoisotopic (exact) mass is 293 g/mol. The number of carbonyl (C=O) groups excluding carboxylic acids is 1. The lowest BCUT2D eigenvalue weighted by Gasteiger charge is -2.36. The van der Waals surface area contributed by atoms with E-state index in [0.29, 0.717) is 5.76 Å². The molecule has 0 bridgehead atoms. The number of hydrogen-bond donors (Lipinski definition) is 2. The van der Waals surface area contributed by atoms with Gasteiger partial charge in [0.2, 0.25) is 5.91 Å². The highest BCUT2D eigenvalue weighted by molar-refractivity contribution is 5.98. The number of anilines is 1. The minimum Gasteiger partial charge on any atom is -0.444 e. The molecule has 1 aliphatic carbocycles. The van der Waals surface area contributed by atoms with Gasteiger partial charge in [-0.3, -0.25) is 4.79 Å². The number of amides is 1. The van der Waals surface area contributed by atoms with Crippen LogP contribution in [-0.2, 0) is 4.79 Å². The fourth-order valence-electron chi connectivity index (χ4n) is 2.15. The molecule has 6 heteroatoms. The van der Waals surface area contributed by atoms with Crippen molar-refractivity contribution >= 4 is 24.0 Å². The van der Waals surface area contributed by atoms with Crippen LogP contribution < -0.4 is 11.1 Å². The Hall–Kier alpha value is -1.85. The standard InChI is InChI=1S/C14H15N3O2.ClH/c15-14(5-2-6-14)13(18)17-11-4-1-3-10(7-11)12-8-16-9-19-12;/h1,3-4,7-9H,2,5-6,15H2,(H,17,18);1H. The summed E-state index contributed by atoms with van der Waals surface area (Å²) in [5, 5.41) is 2.86. The summed E-state index contributed by atoms with van der Waals surface area (Å²) in [6, 6.07) is 7.44. The third-order valence-corrected chi connectivity index (χ3v) is 3.54. The number of rotatable bonds is 3. The van der Waals surface area contributed by atoms with Crippen molar-refractivity contribution < 1.29 is 9.21 Å². The topological polar surface area (TPSA) is 81.2 Å². The molecule has 1 amide bonds. The second-order valence-corrected chi connectivity index (χ2v) is 4.91. The predicted molar refractivity (Wildman–Crippen MR) is 78.6 cm³/mol. The first-order valence-electron chi connectivity index (χ1n) is 6.27. The van der Waals surface area contributed by atoms with Gasteiger partial charge < -0.3 is 15.5 Å². The van der Waals surface area contributed by atoms with Crippen LogP contribution in [0.25, 0.3) is 11.3 Å². The van der Waals surface area contributed by atoms with Crippen LogP contribution in [0.2, 0.25) is 0 Å². The summed E-state index contributed by atoms with van der Waals surface area (Å²) in [6.45, 7) is 0. The molecule has 1 heterocycles. The largest absolute Gasteiger partial charge is 0.444 e. The van der Waals surface area contributed by atoms with Crippen LogP contribution in [0.15, 0.2) is 41.3 Å². The van der Waals surface area contributed by atoms with Gasteiger partial charge in [0, 0.05) is 11.3 Å². The minimum absolute atomic E-state index is 0. The van der Waals surface area contributed by atoms with E-state index in [0.717, 1.165) is 30.5 Å². The highest BCUT2D eigenvalue weighted by Crippen LogP contribution is 2.30. The Balaban J connectivity index is 0.00000147. The molecule has 0 radical (unpaired) electrons. The molecule has 0 atom stereocenters. The predicted octanol–water partition coefficient (Wildman–Crippen LogP) is 2.58. The van der Waals surface area contributed by atoms with E-state index in [4.69, 9.17) is 10.2 Å². The van der Waals surface area contributed by atoms with E-state index in [-0.39, 0.29) is 18.3 Å². The molecule has 1 aromatic carbocycles. The molecule has 1 aliphatic rings. The Kier molecular flexibility index (Phi) is 4.11. The van der Waals surface area contributed by atoms with E-state index < -0.39 is 5.54 Å². The molecule has 0 aliphatic heterocycles. The number of aromatic nitrogens is 1. The molecule has 1 saturated carbocycles. The van der Waals surface area contributed by atoms with Crippen molar-refractivity contribution in [2.45, 2.75) is 24.8 Å². The summed E-state index contributed by atoms with van der Waals surface area (Å²) in [6.07, 6.45) is 5.53. The lowest BCUT2D eigenvalue weighted by molar-refractivity contribution is -0.123. The molecule has 3 rings (SSSR count). The number of nitrogens with one attached hydrogen (secondary N) is 1.